The highest BCUT2D eigenvalue weighted by Gasteiger charge is 2.39. The average Bonchev–Trinajstić information content (AvgIpc) is 2.97. The number of aromatic nitrogens is 4. The lowest BCUT2D eigenvalue weighted by atomic mass is 10.0. The van der Waals surface area contributed by atoms with Gasteiger partial charge in [-0.2, -0.15) is 4.98 Å². The number of anilines is 1. The van der Waals surface area contributed by atoms with Crippen molar-refractivity contribution in [1.29, 1.82) is 0 Å². The lowest BCUT2D eigenvalue weighted by molar-refractivity contribution is -0.129. The molecule has 0 spiro atoms. The molecule has 2 aliphatic rings. The van der Waals surface area contributed by atoms with Gasteiger partial charge in [-0.05, 0) is 49.6 Å². The molecule has 1 fully saturated rings. The highest BCUT2D eigenvalue weighted by atomic mass is 19.1. The maximum Gasteiger partial charge on any atom is 0.355 e. The largest absolute Gasteiger partial charge is 0.507 e. The SMILES string of the molecule is C=CC(=O)N1CC2CCOc3c(F)c(-c4c(O)cccc4F)nc4c3c(nc(=O)n4-c3c(C)ccnc3C(C)C)N2CC1C. The number of phenolic OH excluding ortho intramolecular Hbond substituents is 1. The second-order valence-electron chi connectivity index (χ2n) is 11.5. The molecule has 1 saturated heterocycles. The van der Waals surface area contributed by atoms with Crippen molar-refractivity contribution in [2.45, 2.75) is 52.1 Å². The van der Waals surface area contributed by atoms with E-state index in [-0.39, 0.29) is 53.1 Å². The van der Waals surface area contributed by atoms with Crippen LogP contribution in [0.1, 0.15) is 44.4 Å². The molecule has 44 heavy (non-hydrogen) atoms. The molecule has 2 aliphatic heterocycles. The number of benzene rings is 1. The summed E-state index contributed by atoms with van der Waals surface area (Å²) in [7, 11) is 0. The van der Waals surface area contributed by atoms with Crippen LogP contribution in [0.25, 0.3) is 28.0 Å². The number of amides is 1. The number of aryl methyl sites for hydroxylation is 1. The van der Waals surface area contributed by atoms with Gasteiger partial charge < -0.3 is 19.6 Å². The molecule has 6 rings (SSSR count). The highest BCUT2D eigenvalue weighted by Crippen LogP contribution is 2.44. The van der Waals surface area contributed by atoms with Crippen LogP contribution in [0.4, 0.5) is 14.6 Å². The first-order valence-corrected chi connectivity index (χ1v) is 14.5. The zero-order valence-corrected chi connectivity index (χ0v) is 24.8. The van der Waals surface area contributed by atoms with Crippen LogP contribution < -0.4 is 15.3 Å². The number of fused-ring (bicyclic) bond motifs is 2. The van der Waals surface area contributed by atoms with Crippen molar-refractivity contribution < 1.29 is 23.4 Å². The van der Waals surface area contributed by atoms with E-state index in [0.29, 0.717) is 36.5 Å². The Bertz CT molecular complexity index is 1870. The molecule has 3 aromatic heterocycles. The van der Waals surface area contributed by atoms with Gasteiger partial charge in [-0.25, -0.2) is 23.1 Å². The number of ether oxygens (including phenoxy) is 1. The maximum atomic E-state index is 16.5. The maximum absolute atomic E-state index is 16.5. The third-order valence-electron chi connectivity index (χ3n) is 8.33. The Labute approximate surface area is 252 Å². The number of hydrogen-bond donors (Lipinski definition) is 1. The summed E-state index contributed by atoms with van der Waals surface area (Å²) in [5, 5.41) is 10.7. The minimum atomic E-state index is -0.995. The van der Waals surface area contributed by atoms with Crippen molar-refractivity contribution >= 4 is 22.8 Å². The van der Waals surface area contributed by atoms with Crippen LogP contribution in [0.15, 0.2) is 47.9 Å². The summed E-state index contributed by atoms with van der Waals surface area (Å²) < 4.78 is 39.0. The van der Waals surface area contributed by atoms with E-state index in [1.807, 2.05) is 32.6 Å². The molecule has 1 aromatic carbocycles. The fourth-order valence-electron chi connectivity index (χ4n) is 6.19. The molecule has 0 aliphatic carbocycles. The van der Waals surface area contributed by atoms with E-state index in [9.17, 15) is 14.7 Å². The highest BCUT2D eigenvalue weighted by molar-refractivity contribution is 5.97. The van der Waals surface area contributed by atoms with E-state index in [4.69, 9.17) is 4.74 Å². The number of nitrogens with zero attached hydrogens (tertiary/aromatic N) is 6. The Hall–Kier alpha value is -4.87. The first-order chi connectivity index (χ1) is 21.0. The van der Waals surface area contributed by atoms with E-state index in [0.717, 1.165) is 6.07 Å². The molecule has 2 unspecified atom stereocenters. The Morgan fingerprint density at radius 3 is 2.68 bits per heavy atom. The molecule has 4 aromatic rings. The molecular formula is C32H32F2N6O4. The zero-order valence-electron chi connectivity index (χ0n) is 24.8. The van der Waals surface area contributed by atoms with Gasteiger partial charge in [0.1, 0.15) is 28.5 Å². The first-order valence-electron chi connectivity index (χ1n) is 14.5. The number of hydrogen-bond acceptors (Lipinski definition) is 8. The molecule has 2 atom stereocenters. The second-order valence-corrected chi connectivity index (χ2v) is 11.5. The van der Waals surface area contributed by atoms with Crippen LogP contribution >= 0.6 is 0 Å². The van der Waals surface area contributed by atoms with E-state index in [1.165, 1.54) is 22.8 Å². The number of pyridine rings is 2. The molecule has 5 heterocycles. The Morgan fingerprint density at radius 1 is 1.20 bits per heavy atom. The number of halogens is 2. The molecule has 1 N–H and O–H groups in total. The predicted octanol–water partition coefficient (Wildman–Crippen LogP) is 4.63. The van der Waals surface area contributed by atoms with Crippen molar-refractivity contribution in [2.75, 3.05) is 24.6 Å². The van der Waals surface area contributed by atoms with Crippen LogP contribution in [0, 0.1) is 18.6 Å². The fraction of sp³-hybridized carbons (Fsp3) is 0.344. The summed E-state index contributed by atoms with van der Waals surface area (Å²) in [6.07, 6.45) is 3.28. The molecule has 0 bridgehead atoms. The molecule has 0 radical (unpaired) electrons. The third-order valence-corrected chi connectivity index (χ3v) is 8.33. The second kappa shape index (κ2) is 11.0. The molecule has 0 saturated carbocycles. The van der Waals surface area contributed by atoms with Crippen LogP contribution in [-0.4, -0.2) is 67.2 Å². The lowest BCUT2D eigenvalue weighted by Crippen LogP contribution is -2.60. The third kappa shape index (κ3) is 4.56. The number of phenols is 1. The molecule has 228 valence electrons. The van der Waals surface area contributed by atoms with E-state index < -0.39 is 34.3 Å². The van der Waals surface area contributed by atoms with Crippen molar-refractivity contribution in [2.24, 2.45) is 0 Å². The van der Waals surface area contributed by atoms with Gasteiger partial charge >= 0.3 is 5.69 Å². The van der Waals surface area contributed by atoms with Crippen LogP contribution in [-0.2, 0) is 4.79 Å². The first kappa shape index (κ1) is 29.2. The van der Waals surface area contributed by atoms with Crippen LogP contribution in [0.3, 0.4) is 0 Å². The molecular weight excluding hydrogens is 570 g/mol. The number of piperazine rings is 1. The zero-order chi connectivity index (χ0) is 31.4. The van der Waals surface area contributed by atoms with Gasteiger partial charge in [0.25, 0.3) is 0 Å². The van der Waals surface area contributed by atoms with Crippen molar-refractivity contribution in [1.82, 2.24) is 24.4 Å². The smallest absolute Gasteiger partial charge is 0.355 e. The van der Waals surface area contributed by atoms with Gasteiger partial charge in [0.2, 0.25) is 5.91 Å². The summed E-state index contributed by atoms with van der Waals surface area (Å²) in [6, 6.07) is 4.78. The van der Waals surface area contributed by atoms with Crippen molar-refractivity contribution in [3.8, 4) is 28.4 Å². The molecule has 1 amide bonds. The fourth-order valence-corrected chi connectivity index (χ4v) is 6.19. The van der Waals surface area contributed by atoms with E-state index in [2.05, 4.69) is 21.5 Å². The van der Waals surface area contributed by atoms with Gasteiger partial charge in [-0.1, -0.05) is 26.5 Å². The standard InChI is InChI=1S/C32H32F2N6O4/c1-6-22(42)38-15-19-11-13-44-29-24-30(39(19)14-18(38)5)37-32(43)40(28-17(4)10-12-35-26(28)16(2)3)31(24)36-27(25(29)34)23-20(33)8-7-9-21(23)41/h6-10,12,16,18-19,41H,1,11,13-15H2,2-5H3. The predicted molar refractivity (Wildman–Crippen MR) is 161 cm³/mol. The Kier molecular flexibility index (Phi) is 7.30. The number of carbonyl (C=O) groups excluding carboxylic acids is 1. The minimum absolute atomic E-state index is 0.0232. The lowest BCUT2D eigenvalue weighted by Gasteiger charge is -2.46. The minimum Gasteiger partial charge on any atom is -0.507 e. The van der Waals surface area contributed by atoms with Gasteiger partial charge in [0, 0.05) is 31.7 Å². The summed E-state index contributed by atoms with van der Waals surface area (Å²) in [6.45, 7) is 11.8. The summed E-state index contributed by atoms with van der Waals surface area (Å²) in [5.41, 5.74) is 0.0197. The van der Waals surface area contributed by atoms with Gasteiger partial charge in [-0.15, -0.1) is 0 Å². The van der Waals surface area contributed by atoms with E-state index in [1.54, 1.807) is 17.2 Å². The summed E-state index contributed by atoms with van der Waals surface area (Å²) in [4.78, 5) is 44.0. The normalized spacial score (nSPS) is 18.1. The number of carbonyl (C=O) groups is 1. The van der Waals surface area contributed by atoms with Gasteiger partial charge in [-0.3, -0.25) is 9.78 Å². The summed E-state index contributed by atoms with van der Waals surface area (Å²) in [5.74, 6) is -2.84. The van der Waals surface area contributed by atoms with Gasteiger partial charge in [0.15, 0.2) is 17.2 Å². The average molecular weight is 603 g/mol. The van der Waals surface area contributed by atoms with Crippen LogP contribution in [0.5, 0.6) is 11.5 Å². The van der Waals surface area contributed by atoms with Crippen LogP contribution in [0.2, 0.25) is 0 Å². The molecule has 10 nitrogen and oxygen atoms in total. The quantitative estimate of drug-likeness (QED) is 0.337. The monoisotopic (exact) mass is 602 g/mol. The van der Waals surface area contributed by atoms with Crippen molar-refractivity contribution in [3.63, 3.8) is 0 Å². The Balaban J connectivity index is 1.73. The Morgan fingerprint density at radius 2 is 1.98 bits per heavy atom. The number of rotatable bonds is 4. The van der Waals surface area contributed by atoms with Gasteiger partial charge in [0.05, 0.1) is 29.6 Å². The van der Waals surface area contributed by atoms with E-state index >= 15 is 8.78 Å². The topological polar surface area (TPSA) is 114 Å². The summed E-state index contributed by atoms with van der Waals surface area (Å²) >= 11 is 0. The number of aromatic hydroxyl groups is 1. The van der Waals surface area contributed by atoms with Crippen molar-refractivity contribution in [3.05, 3.63) is 76.5 Å². The molecule has 12 heteroatoms.